The third-order valence-electron chi connectivity index (χ3n) is 2.18. The van der Waals surface area contributed by atoms with Gasteiger partial charge in [-0.05, 0) is 16.0 Å². The molecule has 0 unspecified atom stereocenters. The summed E-state index contributed by atoms with van der Waals surface area (Å²) in [6.45, 7) is 0.522. The topological polar surface area (TPSA) is 86.8 Å². The van der Waals surface area contributed by atoms with Gasteiger partial charge in [0.1, 0.15) is 0 Å². The Balaban J connectivity index is 1.92. The van der Waals surface area contributed by atoms with Crippen LogP contribution in [0.5, 0.6) is 0 Å². The average molecular weight is 232 g/mol. The number of tetrazole rings is 1. The second-order valence-electron chi connectivity index (χ2n) is 3.52. The van der Waals surface area contributed by atoms with E-state index in [0.29, 0.717) is 6.54 Å². The Kier molecular flexibility index (Phi) is 3.29. The van der Waals surface area contributed by atoms with Crippen LogP contribution in [-0.4, -0.2) is 38.6 Å². The first-order valence-corrected chi connectivity index (χ1v) is 5.05. The van der Waals surface area contributed by atoms with Crippen molar-refractivity contribution < 1.29 is 4.79 Å². The molecule has 0 saturated carbocycles. The Morgan fingerprint density at radius 1 is 1.41 bits per heavy atom. The molecule has 17 heavy (non-hydrogen) atoms. The van der Waals surface area contributed by atoms with E-state index in [1.165, 1.54) is 4.90 Å². The van der Waals surface area contributed by atoms with Crippen LogP contribution in [0, 0.1) is 0 Å². The first-order chi connectivity index (χ1) is 8.25. The van der Waals surface area contributed by atoms with Crippen LogP contribution in [0.4, 0.5) is 10.7 Å². The molecule has 1 heterocycles. The number of aromatic amines is 1. The summed E-state index contributed by atoms with van der Waals surface area (Å²) < 4.78 is 0. The molecule has 2 aromatic rings. The van der Waals surface area contributed by atoms with Crippen LogP contribution in [0.1, 0.15) is 5.56 Å². The van der Waals surface area contributed by atoms with E-state index >= 15 is 0 Å². The zero-order valence-electron chi connectivity index (χ0n) is 9.29. The second kappa shape index (κ2) is 5.06. The highest BCUT2D eigenvalue weighted by atomic mass is 16.2. The van der Waals surface area contributed by atoms with E-state index in [4.69, 9.17) is 0 Å². The van der Waals surface area contributed by atoms with E-state index in [2.05, 4.69) is 25.9 Å². The molecule has 0 aliphatic carbocycles. The van der Waals surface area contributed by atoms with Crippen LogP contribution < -0.4 is 5.32 Å². The van der Waals surface area contributed by atoms with Crippen molar-refractivity contribution in [3.05, 3.63) is 35.9 Å². The van der Waals surface area contributed by atoms with Crippen molar-refractivity contribution in [1.82, 2.24) is 25.5 Å². The van der Waals surface area contributed by atoms with E-state index in [-0.39, 0.29) is 12.0 Å². The molecule has 0 radical (unpaired) electrons. The van der Waals surface area contributed by atoms with Crippen LogP contribution in [0.15, 0.2) is 30.3 Å². The normalized spacial score (nSPS) is 9.94. The van der Waals surface area contributed by atoms with Gasteiger partial charge in [0.25, 0.3) is 0 Å². The Morgan fingerprint density at radius 2 is 2.18 bits per heavy atom. The van der Waals surface area contributed by atoms with Crippen LogP contribution in [-0.2, 0) is 6.54 Å². The van der Waals surface area contributed by atoms with Gasteiger partial charge in [0, 0.05) is 13.6 Å². The predicted octanol–water partition coefficient (Wildman–Crippen LogP) is 0.864. The number of carbonyl (C=O) groups excluding carboxylic acids is 1. The van der Waals surface area contributed by atoms with Gasteiger partial charge in [-0.1, -0.05) is 35.4 Å². The summed E-state index contributed by atoms with van der Waals surface area (Å²) >= 11 is 0. The van der Waals surface area contributed by atoms with Crippen molar-refractivity contribution in [2.24, 2.45) is 0 Å². The molecule has 2 amide bonds. The van der Waals surface area contributed by atoms with Gasteiger partial charge < -0.3 is 4.90 Å². The smallest absolute Gasteiger partial charge is 0.323 e. The van der Waals surface area contributed by atoms with Gasteiger partial charge in [-0.3, -0.25) is 5.32 Å². The molecule has 0 aliphatic heterocycles. The first-order valence-electron chi connectivity index (χ1n) is 5.05. The monoisotopic (exact) mass is 232 g/mol. The average Bonchev–Trinajstić information content (AvgIpc) is 2.83. The number of H-pyrrole nitrogens is 1. The molecule has 0 fully saturated rings. The fourth-order valence-electron chi connectivity index (χ4n) is 1.34. The lowest BCUT2D eigenvalue weighted by atomic mass is 10.2. The Labute approximate surface area is 97.8 Å². The fourth-order valence-corrected chi connectivity index (χ4v) is 1.34. The van der Waals surface area contributed by atoms with E-state index < -0.39 is 0 Å². The standard InChI is InChI=1S/C10H12N6O/c1-16(7-8-5-3-2-4-6-8)10(17)11-9-12-14-15-13-9/h2-6H,7H2,1H3,(H2,11,12,13,14,15,17). The molecule has 1 aromatic heterocycles. The number of hydrogen-bond acceptors (Lipinski definition) is 4. The van der Waals surface area contributed by atoms with Crippen LogP contribution >= 0.6 is 0 Å². The molecule has 1 aromatic carbocycles. The summed E-state index contributed by atoms with van der Waals surface area (Å²) in [7, 11) is 1.70. The van der Waals surface area contributed by atoms with Gasteiger partial charge in [-0.15, -0.1) is 0 Å². The molecule has 0 bridgehead atoms. The van der Waals surface area contributed by atoms with Gasteiger partial charge in [0.2, 0.25) is 5.95 Å². The Bertz CT molecular complexity index is 469. The van der Waals surface area contributed by atoms with Crippen molar-refractivity contribution in [3.8, 4) is 0 Å². The van der Waals surface area contributed by atoms with Crippen molar-refractivity contribution in [1.29, 1.82) is 0 Å². The van der Waals surface area contributed by atoms with Crippen LogP contribution in [0.25, 0.3) is 0 Å². The van der Waals surface area contributed by atoms with Crippen molar-refractivity contribution in [3.63, 3.8) is 0 Å². The molecule has 0 saturated heterocycles. The molecular formula is C10H12N6O. The lowest BCUT2D eigenvalue weighted by Crippen LogP contribution is -2.31. The van der Waals surface area contributed by atoms with E-state index in [9.17, 15) is 4.79 Å². The summed E-state index contributed by atoms with van der Waals surface area (Å²) in [4.78, 5) is 13.3. The third-order valence-corrected chi connectivity index (χ3v) is 2.18. The van der Waals surface area contributed by atoms with Gasteiger partial charge >= 0.3 is 6.03 Å². The maximum absolute atomic E-state index is 11.7. The summed E-state index contributed by atoms with van der Waals surface area (Å²) in [6.07, 6.45) is 0. The minimum absolute atomic E-state index is 0.231. The van der Waals surface area contributed by atoms with Gasteiger partial charge in [-0.2, -0.15) is 0 Å². The zero-order valence-corrected chi connectivity index (χ0v) is 9.29. The molecule has 88 valence electrons. The number of nitrogens with one attached hydrogen (secondary N) is 2. The quantitative estimate of drug-likeness (QED) is 0.821. The van der Waals surface area contributed by atoms with Crippen molar-refractivity contribution in [2.75, 3.05) is 12.4 Å². The number of anilines is 1. The van der Waals surface area contributed by atoms with Gasteiger partial charge in [-0.25, -0.2) is 9.89 Å². The summed E-state index contributed by atoms with van der Waals surface area (Å²) in [5.74, 6) is 0.231. The number of carbonyl (C=O) groups is 1. The summed E-state index contributed by atoms with van der Waals surface area (Å²) in [5, 5.41) is 15.3. The molecule has 7 heteroatoms. The van der Waals surface area contributed by atoms with Crippen LogP contribution in [0.3, 0.4) is 0 Å². The molecule has 2 rings (SSSR count). The number of aromatic nitrogens is 4. The Hall–Kier alpha value is -2.44. The van der Waals surface area contributed by atoms with Crippen LogP contribution in [0.2, 0.25) is 0 Å². The fraction of sp³-hybridized carbons (Fsp3) is 0.200. The highest BCUT2D eigenvalue weighted by Gasteiger charge is 2.10. The second-order valence-corrected chi connectivity index (χ2v) is 3.52. The number of nitrogens with zero attached hydrogens (tertiary/aromatic N) is 4. The molecular weight excluding hydrogens is 220 g/mol. The van der Waals surface area contributed by atoms with Crippen molar-refractivity contribution >= 4 is 12.0 Å². The van der Waals surface area contributed by atoms with Gasteiger partial charge in [0.15, 0.2) is 0 Å². The predicted molar refractivity (Wildman–Crippen MR) is 61.1 cm³/mol. The first kappa shape index (κ1) is 11.1. The summed E-state index contributed by atoms with van der Waals surface area (Å²) in [6, 6.07) is 9.44. The Morgan fingerprint density at radius 3 is 2.82 bits per heavy atom. The maximum atomic E-state index is 11.7. The third kappa shape index (κ3) is 3.00. The SMILES string of the molecule is CN(Cc1ccccc1)C(=O)Nc1nnn[nH]1. The lowest BCUT2D eigenvalue weighted by Gasteiger charge is -2.16. The maximum Gasteiger partial charge on any atom is 0.324 e. The highest BCUT2D eigenvalue weighted by Crippen LogP contribution is 2.04. The molecule has 0 aliphatic rings. The van der Waals surface area contributed by atoms with E-state index in [0.717, 1.165) is 5.56 Å². The van der Waals surface area contributed by atoms with Crippen molar-refractivity contribution in [2.45, 2.75) is 6.54 Å². The minimum Gasteiger partial charge on any atom is -0.323 e. The number of urea groups is 1. The zero-order chi connectivity index (χ0) is 12.1. The molecule has 7 nitrogen and oxygen atoms in total. The van der Waals surface area contributed by atoms with E-state index in [1.807, 2.05) is 30.3 Å². The molecule has 0 spiro atoms. The molecule has 2 N–H and O–H groups in total. The van der Waals surface area contributed by atoms with E-state index in [1.54, 1.807) is 7.05 Å². The summed E-state index contributed by atoms with van der Waals surface area (Å²) in [5.41, 5.74) is 1.06. The number of rotatable bonds is 3. The number of amides is 2. The number of hydrogen-bond donors (Lipinski definition) is 2. The lowest BCUT2D eigenvalue weighted by molar-refractivity contribution is 0.220. The number of benzene rings is 1. The van der Waals surface area contributed by atoms with Gasteiger partial charge in [0.05, 0.1) is 0 Å². The largest absolute Gasteiger partial charge is 0.324 e. The minimum atomic E-state index is -0.271. The molecule has 0 atom stereocenters. The highest BCUT2D eigenvalue weighted by molar-refractivity contribution is 5.86.